The van der Waals surface area contributed by atoms with Gasteiger partial charge in [-0.1, -0.05) is 111 Å². The minimum Gasteiger partial charge on any atom is -0.481 e. The van der Waals surface area contributed by atoms with E-state index in [9.17, 15) is 57.8 Å². The van der Waals surface area contributed by atoms with Gasteiger partial charge in [-0.05, 0) is 100 Å². The number of hydrogen-bond acceptors (Lipinski definition) is 13. The molecule has 452 valence electrons. The summed E-state index contributed by atoms with van der Waals surface area (Å²) in [6.45, 7) is 3.16. The molecule has 1 heterocycles. The topological polar surface area (TPSA) is 343 Å². The smallest absolute Gasteiger partial charge is 0.411 e. The van der Waals surface area contributed by atoms with Crippen molar-refractivity contribution in [2.45, 2.75) is 96.2 Å². The van der Waals surface area contributed by atoms with E-state index >= 15 is 0 Å². The van der Waals surface area contributed by atoms with E-state index in [0.717, 1.165) is 47.7 Å². The first-order valence-electron chi connectivity index (χ1n) is 28.1. The highest BCUT2D eigenvalue weighted by atomic mass is 16.6. The molecule has 0 bridgehead atoms. The summed E-state index contributed by atoms with van der Waals surface area (Å²) >= 11 is 0. The molecule has 24 heteroatoms. The van der Waals surface area contributed by atoms with Crippen molar-refractivity contribution >= 4 is 104 Å². The summed E-state index contributed by atoms with van der Waals surface area (Å²) in [6, 6.07) is 27.8. The number of hydrogen-bond donors (Lipinski definition) is 9. The average molecular weight is 1180 g/mol. The van der Waals surface area contributed by atoms with Gasteiger partial charge in [-0.15, -0.1) is 0 Å². The van der Waals surface area contributed by atoms with Crippen molar-refractivity contribution in [2.24, 2.45) is 11.7 Å². The number of primary amides is 1. The monoisotopic (exact) mass is 1180 g/mol. The second kappa shape index (κ2) is 30.4. The first-order valence-corrected chi connectivity index (χ1v) is 28.1. The quantitative estimate of drug-likeness (QED) is 0.0155. The molecule has 7 rings (SSSR count). The van der Waals surface area contributed by atoms with Crippen LogP contribution in [0.25, 0.3) is 32.3 Å². The first kappa shape index (κ1) is 63.5. The lowest BCUT2D eigenvalue weighted by atomic mass is 9.92. The Morgan fingerprint density at radius 1 is 0.640 bits per heavy atom. The van der Waals surface area contributed by atoms with Gasteiger partial charge in [0.05, 0.1) is 0 Å². The van der Waals surface area contributed by atoms with Crippen LogP contribution in [0.4, 0.5) is 20.1 Å². The third-order valence-corrected chi connectivity index (χ3v) is 14.3. The van der Waals surface area contributed by atoms with E-state index in [-0.39, 0.29) is 63.3 Å². The number of benzene rings is 6. The summed E-state index contributed by atoms with van der Waals surface area (Å²) in [5.41, 5.74) is 7.11. The normalized spacial score (nSPS) is 13.4. The van der Waals surface area contributed by atoms with Crippen LogP contribution in [0, 0.1) is 5.92 Å². The largest absolute Gasteiger partial charge is 0.481 e. The van der Waals surface area contributed by atoms with Gasteiger partial charge in [0.25, 0.3) is 17.7 Å². The summed E-state index contributed by atoms with van der Waals surface area (Å²) in [7, 11) is 1.34. The number of urea groups is 1. The fraction of sp³-hybridized carbons (Fsp3) is 0.339. The minimum absolute atomic E-state index is 0.0220. The fourth-order valence-electron chi connectivity index (χ4n) is 9.72. The Hall–Kier alpha value is -10.1. The maximum Gasteiger partial charge on any atom is 0.411 e. The highest BCUT2D eigenvalue weighted by Gasteiger charge is 2.33. The summed E-state index contributed by atoms with van der Waals surface area (Å²) in [6.07, 6.45) is -0.552. The number of alkyl carbamates (subject to hydrolysis) is 1. The van der Waals surface area contributed by atoms with Crippen LogP contribution >= 0.6 is 0 Å². The van der Waals surface area contributed by atoms with Crippen LogP contribution in [0.1, 0.15) is 81.6 Å². The number of nitrogens with zero attached hydrogens (tertiary/aromatic N) is 2. The number of carbonyl (C=O) groups is 11. The lowest BCUT2D eigenvalue weighted by Crippen LogP contribution is -2.58. The molecule has 0 aromatic heterocycles. The van der Waals surface area contributed by atoms with Crippen LogP contribution in [-0.2, 0) is 61.0 Å². The number of imide groups is 1. The molecule has 86 heavy (non-hydrogen) atoms. The lowest BCUT2D eigenvalue weighted by Gasteiger charge is -2.27. The predicted molar refractivity (Wildman–Crippen MR) is 318 cm³/mol. The standard InChI is InChI=1S/C62H70N10O14/c1-37(2)54(70-57(79)47(27-30-51(76)77)69-61(83)85-36-38-12-6-4-7-13-38)58(80)68-46(16-11-32-65-60(63)82)56(78)67-44-24-21-42(22-25-44)55(59(81)64-31-8-5-9-33-72-49(74)28-29-50(72)75)86-62(84)71(3)35-48(73)66-34-43-20-19-41-18-17-39-14-10-15-40-23-26-45(43)53(41)52(39)40/h4,6-7,10,12-15,17-26,28-29,37,46-47,54-55H,5,8-9,11,16,27,30-36H2,1-3H3,(H,64,81)(H,66,73)(H,67,78)(H,68,80)(H,69,83)(H,70,79)(H,76,77)(H3,63,65,82)/t46-,47-,54-,55?/m0/s1. The van der Waals surface area contributed by atoms with Crippen molar-refractivity contribution in [1.29, 1.82) is 0 Å². The van der Waals surface area contributed by atoms with Gasteiger partial charge in [0.1, 0.15) is 31.3 Å². The number of carbonyl (C=O) groups excluding carboxylic acids is 10. The molecule has 0 aliphatic carbocycles. The molecule has 0 saturated heterocycles. The average Bonchev–Trinajstić information content (AvgIpc) is 0.948. The summed E-state index contributed by atoms with van der Waals surface area (Å²) in [5.74, 6) is -6.33. The maximum atomic E-state index is 14.1. The SMILES string of the molecule is CC(C)[C@H](NC(=O)[C@H](CCC(=O)O)NC(=O)OCc1ccccc1)C(=O)N[C@@H](CCCNC(N)=O)C(=O)Nc1ccc(C(OC(=O)N(C)CC(=O)NCc2ccc3ccc4cccc5ccc2c3c45)C(=O)NCCCCCN2C(=O)C=CC2=O)cc1. The van der Waals surface area contributed by atoms with E-state index in [1.54, 1.807) is 44.2 Å². The molecule has 6 aromatic rings. The van der Waals surface area contributed by atoms with E-state index in [1.165, 1.54) is 43.5 Å². The van der Waals surface area contributed by atoms with Crippen molar-refractivity contribution in [3.63, 3.8) is 0 Å². The molecule has 10 N–H and O–H groups in total. The molecule has 0 fully saturated rings. The molecule has 1 aliphatic rings. The van der Waals surface area contributed by atoms with Gasteiger partial charge >= 0.3 is 24.2 Å². The van der Waals surface area contributed by atoms with Crippen LogP contribution in [-0.4, -0.2) is 132 Å². The number of amides is 11. The van der Waals surface area contributed by atoms with Crippen molar-refractivity contribution in [1.82, 2.24) is 41.7 Å². The maximum absolute atomic E-state index is 14.1. The number of anilines is 1. The number of aliphatic carboxylic acids is 1. The fourth-order valence-corrected chi connectivity index (χ4v) is 9.72. The minimum atomic E-state index is -1.58. The Morgan fingerprint density at radius 2 is 1.29 bits per heavy atom. The Bertz CT molecular complexity index is 3450. The predicted octanol–water partition coefficient (Wildman–Crippen LogP) is 5.39. The number of carboxylic acid groups (broad SMARTS) is 1. The molecule has 4 atom stereocenters. The molecular weight excluding hydrogens is 1110 g/mol. The van der Waals surface area contributed by atoms with Gasteiger partial charge in [0, 0.05) is 63.1 Å². The summed E-state index contributed by atoms with van der Waals surface area (Å²) in [4.78, 5) is 145. The van der Waals surface area contributed by atoms with E-state index in [4.69, 9.17) is 15.2 Å². The van der Waals surface area contributed by atoms with Crippen LogP contribution in [0.15, 0.2) is 121 Å². The third kappa shape index (κ3) is 17.7. The lowest BCUT2D eigenvalue weighted by molar-refractivity contribution is -0.138. The second-order valence-corrected chi connectivity index (χ2v) is 21.0. The second-order valence-electron chi connectivity index (χ2n) is 21.0. The van der Waals surface area contributed by atoms with Gasteiger partial charge in [0.2, 0.25) is 29.7 Å². The number of nitrogens with one attached hydrogen (secondary N) is 7. The number of nitrogens with two attached hydrogens (primary N) is 1. The van der Waals surface area contributed by atoms with Crippen molar-refractivity contribution in [3.05, 3.63) is 138 Å². The zero-order chi connectivity index (χ0) is 61.9. The molecular formula is C62H70N10O14. The summed E-state index contributed by atoms with van der Waals surface area (Å²) < 4.78 is 11.0. The zero-order valence-electron chi connectivity index (χ0n) is 47.9. The van der Waals surface area contributed by atoms with Gasteiger partial charge < -0.3 is 62.4 Å². The van der Waals surface area contributed by atoms with Gasteiger partial charge in [-0.3, -0.25) is 43.3 Å². The van der Waals surface area contributed by atoms with Gasteiger partial charge in [0.15, 0.2) is 0 Å². The van der Waals surface area contributed by atoms with Gasteiger partial charge in [-0.2, -0.15) is 0 Å². The molecule has 24 nitrogen and oxygen atoms in total. The van der Waals surface area contributed by atoms with E-state index < -0.39 is 109 Å². The van der Waals surface area contributed by atoms with Crippen molar-refractivity contribution in [3.8, 4) is 0 Å². The Morgan fingerprint density at radius 3 is 1.97 bits per heavy atom. The number of carboxylic acids is 1. The number of unbranched alkanes of at least 4 members (excludes halogenated alkanes) is 2. The Balaban J connectivity index is 1.01. The molecule has 1 unspecified atom stereocenters. The zero-order valence-corrected chi connectivity index (χ0v) is 47.9. The molecule has 11 amide bonds. The van der Waals surface area contributed by atoms with Crippen LogP contribution < -0.4 is 43.0 Å². The van der Waals surface area contributed by atoms with Gasteiger partial charge in [-0.25, -0.2) is 14.4 Å². The summed E-state index contributed by atoms with van der Waals surface area (Å²) in [5, 5.41) is 34.3. The van der Waals surface area contributed by atoms with E-state index in [1.807, 2.05) is 30.3 Å². The molecule has 6 aromatic carbocycles. The Labute approximate surface area is 495 Å². The van der Waals surface area contributed by atoms with Crippen molar-refractivity contribution in [2.75, 3.05) is 38.5 Å². The van der Waals surface area contributed by atoms with Crippen LogP contribution in [0.5, 0.6) is 0 Å². The first-order chi connectivity index (χ1) is 41.3. The van der Waals surface area contributed by atoms with Crippen molar-refractivity contribution < 1.29 is 67.3 Å². The number of likely N-dealkylation sites (N-methyl/N-ethyl adjacent to an activating group) is 1. The molecule has 0 saturated carbocycles. The van der Waals surface area contributed by atoms with E-state index in [2.05, 4.69) is 61.5 Å². The molecule has 1 aliphatic heterocycles. The molecule has 0 radical (unpaired) electrons. The molecule has 0 spiro atoms. The van der Waals surface area contributed by atoms with Crippen LogP contribution in [0.3, 0.4) is 0 Å². The number of ether oxygens (including phenoxy) is 2. The number of rotatable bonds is 30. The third-order valence-electron chi connectivity index (χ3n) is 14.3. The highest BCUT2D eigenvalue weighted by molar-refractivity contribution is 6.23. The van der Waals surface area contributed by atoms with E-state index in [0.29, 0.717) is 24.8 Å². The van der Waals surface area contributed by atoms with Crippen LogP contribution in [0.2, 0.25) is 0 Å². The Kier molecular flexibility index (Phi) is 22.5. The highest BCUT2D eigenvalue weighted by Crippen LogP contribution is 2.36.